The van der Waals surface area contributed by atoms with Gasteiger partial charge in [-0.15, -0.1) is 0 Å². The molecule has 0 heterocycles. The lowest BCUT2D eigenvalue weighted by molar-refractivity contribution is 0.416. The zero-order valence-corrected chi connectivity index (χ0v) is 13.2. The highest BCUT2D eigenvalue weighted by Gasteiger charge is 2.10. The van der Waals surface area contributed by atoms with Crippen molar-refractivity contribution in [3.63, 3.8) is 0 Å². The number of rotatable bonds is 6. The Morgan fingerprint density at radius 3 is 2.71 bits per heavy atom. The molecule has 0 aliphatic heterocycles. The first-order chi connectivity index (χ1) is 10.1. The predicted octanol–water partition coefficient (Wildman–Crippen LogP) is 5.02. The Bertz CT molecular complexity index is 619. The molecule has 0 amide bonds. The lowest BCUT2D eigenvalue weighted by atomic mass is 10.2. The van der Waals surface area contributed by atoms with Gasteiger partial charge in [-0.25, -0.2) is 4.39 Å². The highest BCUT2D eigenvalue weighted by atomic mass is 79.9. The molecule has 0 saturated heterocycles. The molecule has 0 aliphatic rings. The molecule has 0 bridgehead atoms. The Morgan fingerprint density at radius 2 is 2.00 bits per heavy atom. The fourth-order valence-corrected chi connectivity index (χ4v) is 2.32. The average Bonchev–Trinajstić information content (AvgIpc) is 2.46. The zero-order valence-electron chi connectivity index (χ0n) is 11.6. The standard InChI is InChI=1S/C16H16BrF2NO/c1-2-8-20-10-11-6-7-12(9-13(11)17)21-15-5-3-4-14(18)16(15)19/h3-7,9,20H,2,8,10H2,1H3. The van der Waals surface area contributed by atoms with Crippen LogP contribution in [0.25, 0.3) is 0 Å². The van der Waals surface area contributed by atoms with Gasteiger partial charge in [-0.3, -0.25) is 0 Å². The van der Waals surface area contributed by atoms with E-state index in [-0.39, 0.29) is 5.75 Å². The molecule has 0 aromatic heterocycles. The Hall–Kier alpha value is -1.46. The third-order valence-corrected chi connectivity index (χ3v) is 3.65. The van der Waals surface area contributed by atoms with Gasteiger partial charge in [0.2, 0.25) is 5.82 Å². The monoisotopic (exact) mass is 355 g/mol. The molecule has 0 fully saturated rings. The second kappa shape index (κ2) is 7.52. The predicted molar refractivity (Wildman–Crippen MR) is 82.6 cm³/mol. The van der Waals surface area contributed by atoms with Crippen molar-refractivity contribution in [3.05, 3.63) is 58.1 Å². The van der Waals surface area contributed by atoms with Crippen LogP contribution in [0.15, 0.2) is 40.9 Å². The molecule has 1 N–H and O–H groups in total. The summed E-state index contributed by atoms with van der Waals surface area (Å²) in [6, 6.07) is 9.22. The molecule has 2 rings (SSSR count). The summed E-state index contributed by atoms with van der Waals surface area (Å²) in [6.07, 6.45) is 1.07. The summed E-state index contributed by atoms with van der Waals surface area (Å²) < 4.78 is 32.9. The first-order valence-electron chi connectivity index (χ1n) is 6.73. The highest BCUT2D eigenvalue weighted by molar-refractivity contribution is 9.10. The van der Waals surface area contributed by atoms with Crippen LogP contribution < -0.4 is 10.1 Å². The summed E-state index contributed by atoms with van der Waals surface area (Å²) in [4.78, 5) is 0. The van der Waals surface area contributed by atoms with Crippen molar-refractivity contribution in [2.45, 2.75) is 19.9 Å². The fraction of sp³-hybridized carbons (Fsp3) is 0.250. The lowest BCUT2D eigenvalue weighted by Gasteiger charge is -2.10. The smallest absolute Gasteiger partial charge is 0.201 e. The van der Waals surface area contributed by atoms with Gasteiger partial charge in [-0.05, 0) is 42.8 Å². The number of benzene rings is 2. The summed E-state index contributed by atoms with van der Waals surface area (Å²) in [5.41, 5.74) is 1.08. The molecular weight excluding hydrogens is 340 g/mol. The molecule has 112 valence electrons. The van der Waals surface area contributed by atoms with E-state index in [0.717, 1.165) is 35.6 Å². The van der Waals surface area contributed by atoms with E-state index in [1.165, 1.54) is 12.1 Å². The van der Waals surface area contributed by atoms with Crippen molar-refractivity contribution in [1.82, 2.24) is 5.32 Å². The number of nitrogens with one attached hydrogen (secondary N) is 1. The van der Waals surface area contributed by atoms with Crippen LogP contribution in [0.4, 0.5) is 8.78 Å². The van der Waals surface area contributed by atoms with E-state index in [1.54, 1.807) is 12.1 Å². The quantitative estimate of drug-likeness (QED) is 0.734. The number of halogens is 3. The van der Waals surface area contributed by atoms with E-state index < -0.39 is 11.6 Å². The van der Waals surface area contributed by atoms with Crippen LogP contribution >= 0.6 is 15.9 Å². The highest BCUT2D eigenvalue weighted by Crippen LogP contribution is 2.29. The Morgan fingerprint density at radius 1 is 1.19 bits per heavy atom. The van der Waals surface area contributed by atoms with Crippen LogP contribution in [-0.4, -0.2) is 6.54 Å². The maximum absolute atomic E-state index is 13.6. The van der Waals surface area contributed by atoms with Gasteiger partial charge >= 0.3 is 0 Å². The van der Waals surface area contributed by atoms with E-state index in [2.05, 4.69) is 28.2 Å². The first-order valence-corrected chi connectivity index (χ1v) is 7.52. The lowest BCUT2D eigenvalue weighted by Crippen LogP contribution is -2.14. The average molecular weight is 356 g/mol. The van der Waals surface area contributed by atoms with Gasteiger partial charge in [0, 0.05) is 11.0 Å². The summed E-state index contributed by atoms with van der Waals surface area (Å²) in [6.45, 7) is 3.79. The first kappa shape index (κ1) is 15.9. The SMILES string of the molecule is CCCNCc1ccc(Oc2cccc(F)c2F)cc1Br. The van der Waals surface area contributed by atoms with Crippen LogP contribution in [0.5, 0.6) is 11.5 Å². The van der Waals surface area contributed by atoms with E-state index in [9.17, 15) is 8.78 Å². The van der Waals surface area contributed by atoms with Crippen molar-refractivity contribution in [2.24, 2.45) is 0 Å². The van der Waals surface area contributed by atoms with Crippen molar-refractivity contribution < 1.29 is 13.5 Å². The van der Waals surface area contributed by atoms with Gasteiger partial charge in [0.05, 0.1) is 0 Å². The molecule has 0 aliphatic carbocycles. The van der Waals surface area contributed by atoms with Gasteiger partial charge in [0.1, 0.15) is 5.75 Å². The van der Waals surface area contributed by atoms with Gasteiger partial charge < -0.3 is 10.1 Å². The fourth-order valence-electron chi connectivity index (χ4n) is 1.82. The summed E-state index contributed by atoms with van der Waals surface area (Å²) in [7, 11) is 0. The van der Waals surface area contributed by atoms with Gasteiger partial charge in [0.25, 0.3) is 0 Å². The molecule has 2 aromatic carbocycles. The molecule has 2 nitrogen and oxygen atoms in total. The molecule has 0 atom stereocenters. The largest absolute Gasteiger partial charge is 0.454 e. The molecule has 0 unspecified atom stereocenters. The number of hydrogen-bond donors (Lipinski definition) is 1. The zero-order chi connectivity index (χ0) is 15.2. The number of hydrogen-bond acceptors (Lipinski definition) is 2. The minimum Gasteiger partial charge on any atom is -0.454 e. The van der Waals surface area contributed by atoms with Gasteiger partial charge in [0.15, 0.2) is 11.6 Å². The van der Waals surface area contributed by atoms with Crippen LogP contribution in [-0.2, 0) is 6.54 Å². The number of ether oxygens (including phenoxy) is 1. The topological polar surface area (TPSA) is 21.3 Å². The van der Waals surface area contributed by atoms with Crippen LogP contribution in [0.3, 0.4) is 0 Å². The van der Waals surface area contributed by atoms with Crippen molar-refractivity contribution in [3.8, 4) is 11.5 Å². The van der Waals surface area contributed by atoms with Gasteiger partial charge in [-0.2, -0.15) is 4.39 Å². The van der Waals surface area contributed by atoms with Gasteiger partial charge in [-0.1, -0.05) is 35.0 Å². The molecule has 0 radical (unpaired) electrons. The maximum atomic E-state index is 13.6. The molecule has 2 aromatic rings. The third-order valence-electron chi connectivity index (χ3n) is 2.91. The molecule has 0 saturated carbocycles. The van der Waals surface area contributed by atoms with E-state index in [1.807, 2.05) is 6.07 Å². The molecule has 5 heteroatoms. The Kier molecular flexibility index (Phi) is 5.70. The van der Waals surface area contributed by atoms with E-state index in [0.29, 0.717) is 5.75 Å². The van der Waals surface area contributed by atoms with Crippen molar-refractivity contribution in [2.75, 3.05) is 6.54 Å². The minimum absolute atomic E-state index is 0.126. The summed E-state index contributed by atoms with van der Waals surface area (Å²) in [5, 5.41) is 3.30. The van der Waals surface area contributed by atoms with Crippen molar-refractivity contribution in [1.29, 1.82) is 0 Å². The minimum atomic E-state index is -0.984. The second-order valence-corrected chi connectivity index (χ2v) is 5.44. The van der Waals surface area contributed by atoms with Crippen molar-refractivity contribution >= 4 is 15.9 Å². The normalized spacial score (nSPS) is 10.7. The van der Waals surface area contributed by atoms with E-state index in [4.69, 9.17) is 4.74 Å². The molecular formula is C16H16BrF2NO. The third kappa shape index (κ3) is 4.25. The summed E-state index contributed by atoms with van der Waals surface area (Å²) in [5.74, 6) is -1.58. The Balaban J connectivity index is 2.11. The Labute approximate surface area is 131 Å². The van der Waals surface area contributed by atoms with E-state index >= 15 is 0 Å². The summed E-state index contributed by atoms with van der Waals surface area (Å²) >= 11 is 3.46. The molecule has 0 spiro atoms. The van der Waals surface area contributed by atoms with Crippen LogP contribution in [0.2, 0.25) is 0 Å². The molecule has 21 heavy (non-hydrogen) atoms. The maximum Gasteiger partial charge on any atom is 0.201 e. The van der Waals surface area contributed by atoms with Crippen LogP contribution in [0, 0.1) is 11.6 Å². The van der Waals surface area contributed by atoms with Crippen LogP contribution in [0.1, 0.15) is 18.9 Å². The second-order valence-electron chi connectivity index (χ2n) is 4.58.